The average Bonchev–Trinajstić information content (AvgIpc) is 2.98. The van der Waals surface area contributed by atoms with Gasteiger partial charge in [0.05, 0.1) is 16.6 Å². The zero-order chi connectivity index (χ0) is 34.9. The summed E-state index contributed by atoms with van der Waals surface area (Å²) in [7, 11) is 0. The van der Waals surface area contributed by atoms with Crippen molar-refractivity contribution in [2.24, 2.45) is 23.3 Å². The molecular formula is C35H44BrF4N5O2. The van der Waals surface area contributed by atoms with Crippen molar-refractivity contribution in [3.05, 3.63) is 76.7 Å². The summed E-state index contributed by atoms with van der Waals surface area (Å²) >= 11 is 3.11. The number of nitrogens with zero attached hydrogens (tertiary/aromatic N) is 3. The first-order chi connectivity index (χ1) is 22.0. The first-order valence-corrected chi connectivity index (χ1v) is 16.2. The summed E-state index contributed by atoms with van der Waals surface area (Å²) in [6, 6.07) is 12.1. The van der Waals surface area contributed by atoms with Crippen molar-refractivity contribution in [2.75, 3.05) is 13.2 Å². The third-order valence-corrected chi connectivity index (χ3v) is 7.41. The number of benzene rings is 1. The van der Waals surface area contributed by atoms with E-state index in [0.29, 0.717) is 21.9 Å². The second-order valence-corrected chi connectivity index (χ2v) is 14.1. The minimum atomic E-state index is -2.70. The molecule has 0 radical (unpaired) electrons. The molecular weight excluding hydrogens is 678 g/mol. The quantitative estimate of drug-likeness (QED) is 0.132. The number of aromatic nitrogens is 3. The van der Waals surface area contributed by atoms with Crippen LogP contribution in [0, 0.1) is 11.8 Å². The van der Waals surface area contributed by atoms with E-state index in [0.717, 1.165) is 29.3 Å². The molecule has 0 amide bonds. The zero-order valence-electron chi connectivity index (χ0n) is 27.6. The lowest BCUT2D eigenvalue weighted by atomic mass is 9.93. The van der Waals surface area contributed by atoms with Crippen LogP contribution in [-0.4, -0.2) is 39.2 Å². The molecule has 0 saturated carbocycles. The zero-order valence-corrected chi connectivity index (χ0v) is 29.2. The van der Waals surface area contributed by atoms with Crippen molar-refractivity contribution in [1.82, 2.24) is 15.0 Å². The highest BCUT2D eigenvalue weighted by Gasteiger charge is 2.25. The second kappa shape index (κ2) is 16.7. The third kappa shape index (κ3) is 11.7. The van der Waals surface area contributed by atoms with E-state index < -0.39 is 23.9 Å². The highest BCUT2D eigenvalue weighted by Crippen LogP contribution is 2.34. The van der Waals surface area contributed by atoms with Gasteiger partial charge in [0.25, 0.3) is 12.9 Å². The minimum Gasteiger partial charge on any atom is -0.475 e. The maximum atomic E-state index is 13.7. The molecule has 0 aliphatic carbocycles. The molecule has 0 aliphatic heterocycles. The molecule has 2 atom stereocenters. The fraction of sp³-hybridized carbons (Fsp3) is 0.457. The Morgan fingerprint density at radius 2 is 1.26 bits per heavy atom. The van der Waals surface area contributed by atoms with Gasteiger partial charge in [0.1, 0.15) is 13.2 Å². The normalized spacial score (nSPS) is 14.2. The lowest BCUT2D eigenvalue weighted by molar-refractivity contribution is 0.137. The van der Waals surface area contributed by atoms with Crippen LogP contribution in [-0.2, 0) is 0 Å². The van der Waals surface area contributed by atoms with Gasteiger partial charge < -0.3 is 20.9 Å². The number of pyridine rings is 3. The van der Waals surface area contributed by atoms with Crippen molar-refractivity contribution < 1.29 is 27.0 Å². The second-order valence-electron chi connectivity index (χ2n) is 13.2. The summed E-state index contributed by atoms with van der Waals surface area (Å²) in [5, 5.41) is 0.882. The van der Waals surface area contributed by atoms with Crippen LogP contribution in [0.25, 0.3) is 22.0 Å². The van der Waals surface area contributed by atoms with Crippen molar-refractivity contribution in [1.29, 1.82) is 0 Å². The standard InChI is InChI=1S/C22H25F2N3O.C13H19BrF2N2O/c1-14(2)11-22(3,25)13-28-21-18(20(23)24)10-15(12-27-21)16-8-9-26-19-7-5-4-6-17(16)19;1-8(2)5-13(3,17)7-19-12-10(11(15)16)4-9(14)6-18-12/h4-10,12,14,20H,11,13,25H2,1-3H3;4,6,8,11H,5,7,17H2,1-3H3/t22-;13-/m11/s1. The van der Waals surface area contributed by atoms with Crippen LogP contribution in [0.2, 0.25) is 0 Å². The van der Waals surface area contributed by atoms with E-state index in [1.807, 2.05) is 52.0 Å². The Kier molecular flexibility index (Phi) is 13.5. The van der Waals surface area contributed by atoms with Crippen molar-refractivity contribution in [3.8, 4) is 22.9 Å². The Bertz CT molecular complexity index is 1600. The Morgan fingerprint density at radius 1 is 0.745 bits per heavy atom. The molecule has 0 bridgehead atoms. The van der Waals surface area contributed by atoms with E-state index in [4.69, 9.17) is 20.9 Å². The lowest BCUT2D eigenvalue weighted by Gasteiger charge is -2.26. The van der Waals surface area contributed by atoms with Gasteiger partial charge >= 0.3 is 0 Å². The SMILES string of the molecule is CC(C)C[C@@](C)(N)COc1ncc(-c2ccnc3ccccc23)cc1C(F)F.CC(C)C[C@@](C)(N)COc1ncc(Br)cc1C(F)F. The van der Waals surface area contributed by atoms with E-state index in [9.17, 15) is 17.6 Å². The van der Waals surface area contributed by atoms with Gasteiger partial charge in [-0.3, -0.25) is 4.98 Å². The number of hydrogen-bond donors (Lipinski definition) is 2. The Hall–Kier alpha value is -3.35. The first kappa shape index (κ1) is 38.1. The molecule has 4 aromatic rings. The summed E-state index contributed by atoms with van der Waals surface area (Å²) in [5.41, 5.74) is 12.8. The molecule has 0 unspecified atom stereocenters. The number of halogens is 5. The van der Waals surface area contributed by atoms with Crippen LogP contribution in [0.3, 0.4) is 0 Å². The van der Waals surface area contributed by atoms with Gasteiger partial charge in [-0.2, -0.15) is 0 Å². The number of rotatable bonds is 13. The molecule has 47 heavy (non-hydrogen) atoms. The summed E-state index contributed by atoms with van der Waals surface area (Å²) < 4.78 is 64.6. The summed E-state index contributed by atoms with van der Waals surface area (Å²) in [6.45, 7) is 12.2. The lowest BCUT2D eigenvalue weighted by Crippen LogP contribution is -2.43. The molecule has 0 aliphatic rings. The number of hydrogen-bond acceptors (Lipinski definition) is 7. The van der Waals surface area contributed by atoms with E-state index in [-0.39, 0.29) is 36.1 Å². The predicted octanol–water partition coefficient (Wildman–Crippen LogP) is 9.30. The van der Waals surface area contributed by atoms with E-state index in [1.54, 1.807) is 18.5 Å². The molecule has 3 heterocycles. The number of nitrogens with two attached hydrogens (primary N) is 2. The molecule has 256 valence electrons. The maximum absolute atomic E-state index is 13.7. The molecule has 0 spiro atoms. The van der Waals surface area contributed by atoms with Crippen LogP contribution in [0.15, 0.2) is 65.5 Å². The van der Waals surface area contributed by atoms with E-state index in [2.05, 4.69) is 44.7 Å². The maximum Gasteiger partial charge on any atom is 0.269 e. The Labute approximate surface area is 282 Å². The van der Waals surface area contributed by atoms with Crippen LogP contribution < -0.4 is 20.9 Å². The van der Waals surface area contributed by atoms with Crippen molar-refractivity contribution in [2.45, 2.75) is 78.3 Å². The Balaban J connectivity index is 0.000000277. The summed E-state index contributed by atoms with van der Waals surface area (Å²) in [4.78, 5) is 12.4. The first-order valence-electron chi connectivity index (χ1n) is 15.4. The fourth-order valence-corrected chi connectivity index (χ4v) is 5.76. The largest absolute Gasteiger partial charge is 0.475 e. The molecule has 3 aromatic heterocycles. The third-order valence-electron chi connectivity index (χ3n) is 6.98. The Morgan fingerprint density at radius 3 is 1.79 bits per heavy atom. The fourth-order valence-electron chi connectivity index (χ4n) is 5.41. The summed E-state index contributed by atoms with van der Waals surface area (Å²) in [6.07, 6.45) is 0.775. The van der Waals surface area contributed by atoms with Crippen LogP contribution in [0.5, 0.6) is 11.8 Å². The number of fused-ring (bicyclic) bond motifs is 1. The minimum absolute atomic E-state index is 0.0568. The van der Waals surface area contributed by atoms with Gasteiger partial charge in [0.15, 0.2) is 0 Å². The van der Waals surface area contributed by atoms with Gasteiger partial charge in [-0.15, -0.1) is 0 Å². The van der Waals surface area contributed by atoms with Crippen molar-refractivity contribution >= 4 is 26.8 Å². The van der Waals surface area contributed by atoms with Crippen LogP contribution >= 0.6 is 15.9 Å². The molecule has 4 rings (SSSR count). The molecule has 0 saturated heterocycles. The monoisotopic (exact) mass is 721 g/mol. The van der Waals surface area contributed by atoms with Gasteiger partial charge in [-0.1, -0.05) is 45.9 Å². The molecule has 12 heteroatoms. The summed E-state index contributed by atoms with van der Waals surface area (Å²) in [5.74, 6) is 0.658. The highest BCUT2D eigenvalue weighted by atomic mass is 79.9. The smallest absolute Gasteiger partial charge is 0.269 e. The molecule has 7 nitrogen and oxygen atoms in total. The number of para-hydroxylation sites is 1. The van der Waals surface area contributed by atoms with Crippen molar-refractivity contribution in [3.63, 3.8) is 0 Å². The van der Waals surface area contributed by atoms with Crippen LogP contribution in [0.4, 0.5) is 17.6 Å². The average molecular weight is 723 g/mol. The topological polar surface area (TPSA) is 109 Å². The van der Waals surface area contributed by atoms with Gasteiger partial charge in [-0.25, -0.2) is 27.5 Å². The number of ether oxygens (including phenoxy) is 2. The van der Waals surface area contributed by atoms with E-state index >= 15 is 0 Å². The van der Waals surface area contributed by atoms with E-state index in [1.165, 1.54) is 18.3 Å². The molecule has 0 fully saturated rings. The van der Waals surface area contributed by atoms with Gasteiger partial charge in [0.2, 0.25) is 11.8 Å². The highest BCUT2D eigenvalue weighted by molar-refractivity contribution is 9.10. The number of alkyl halides is 4. The van der Waals surface area contributed by atoms with Gasteiger partial charge in [-0.05, 0) is 84.3 Å². The van der Waals surface area contributed by atoms with Crippen LogP contribution in [0.1, 0.15) is 78.4 Å². The van der Waals surface area contributed by atoms with Gasteiger partial charge in [0, 0.05) is 45.1 Å². The molecule has 4 N–H and O–H groups in total. The molecule has 1 aromatic carbocycles. The predicted molar refractivity (Wildman–Crippen MR) is 182 cm³/mol.